The molecule has 0 bridgehead atoms. The minimum absolute atomic E-state index is 0.0140. The maximum absolute atomic E-state index is 13.5. The Morgan fingerprint density at radius 3 is 2.52 bits per heavy atom. The van der Waals surface area contributed by atoms with Gasteiger partial charge in [0.25, 0.3) is 0 Å². The minimum Gasteiger partial charge on any atom is -0.352 e. The zero-order chi connectivity index (χ0) is 20.6. The molecular weight excluding hydrogens is 382 g/mol. The van der Waals surface area contributed by atoms with Crippen LogP contribution in [0.25, 0.3) is 10.8 Å². The van der Waals surface area contributed by atoms with Crippen LogP contribution in [0.5, 0.6) is 0 Å². The fourth-order valence-electron chi connectivity index (χ4n) is 3.80. The lowest BCUT2D eigenvalue weighted by Crippen LogP contribution is -2.55. The monoisotopic (exact) mass is 409 g/mol. The molecule has 3 aromatic rings. The second-order valence-corrected chi connectivity index (χ2v) is 10.7. The van der Waals surface area contributed by atoms with Crippen molar-refractivity contribution in [2.75, 3.05) is 24.5 Å². The molecule has 1 saturated heterocycles. The van der Waals surface area contributed by atoms with E-state index in [4.69, 9.17) is 0 Å². The highest BCUT2D eigenvalue weighted by Gasteiger charge is 2.35. The van der Waals surface area contributed by atoms with Crippen LogP contribution in [0.15, 0.2) is 65.8 Å². The standard InChI is InChI=1S/C23H27N3O2S/c1-23(2,3)19-5-8-21(9-6-19)29(27,28)22-16-25-12-13-26(22)20-7-4-17-10-11-24-15-18(17)14-20/h4-11,14-15,22,25H,12-13,16H2,1-3H3. The van der Waals surface area contributed by atoms with Gasteiger partial charge in [-0.25, -0.2) is 8.42 Å². The molecule has 1 fully saturated rings. The predicted octanol–water partition coefficient (Wildman–Crippen LogP) is 3.74. The molecule has 6 heteroatoms. The summed E-state index contributed by atoms with van der Waals surface area (Å²) in [6, 6.07) is 15.3. The summed E-state index contributed by atoms with van der Waals surface area (Å²) in [5.74, 6) is 0. The van der Waals surface area contributed by atoms with Crippen molar-refractivity contribution in [1.82, 2.24) is 10.3 Å². The molecule has 1 unspecified atom stereocenters. The van der Waals surface area contributed by atoms with Crippen molar-refractivity contribution >= 4 is 26.3 Å². The topological polar surface area (TPSA) is 62.3 Å². The lowest BCUT2D eigenvalue weighted by atomic mass is 9.87. The molecule has 2 aromatic carbocycles. The van der Waals surface area contributed by atoms with E-state index in [1.54, 1.807) is 18.3 Å². The Balaban J connectivity index is 1.70. The highest BCUT2D eigenvalue weighted by molar-refractivity contribution is 7.92. The third-order valence-corrected chi connectivity index (χ3v) is 7.63. The van der Waals surface area contributed by atoms with Gasteiger partial charge in [-0.1, -0.05) is 39.0 Å². The smallest absolute Gasteiger partial charge is 0.200 e. The van der Waals surface area contributed by atoms with E-state index in [0.29, 0.717) is 18.0 Å². The maximum Gasteiger partial charge on any atom is 0.200 e. The first kappa shape index (κ1) is 19.9. The molecule has 0 aliphatic carbocycles. The SMILES string of the molecule is CC(C)(C)c1ccc(S(=O)(=O)C2CNCCN2c2ccc3ccncc3c2)cc1. The van der Waals surface area contributed by atoms with Gasteiger partial charge in [0.05, 0.1) is 4.90 Å². The zero-order valence-electron chi connectivity index (χ0n) is 17.1. The van der Waals surface area contributed by atoms with Crippen molar-refractivity contribution in [3.63, 3.8) is 0 Å². The number of nitrogens with one attached hydrogen (secondary N) is 1. The van der Waals surface area contributed by atoms with Crippen LogP contribution in [0, 0.1) is 0 Å². The van der Waals surface area contributed by atoms with E-state index < -0.39 is 15.2 Å². The molecule has 4 rings (SSSR count). The number of rotatable bonds is 3. The average molecular weight is 410 g/mol. The van der Waals surface area contributed by atoms with Crippen molar-refractivity contribution in [1.29, 1.82) is 0 Å². The molecule has 1 aliphatic rings. The Morgan fingerprint density at radius 2 is 1.79 bits per heavy atom. The molecule has 2 heterocycles. The quantitative estimate of drug-likeness (QED) is 0.714. The summed E-state index contributed by atoms with van der Waals surface area (Å²) in [6.07, 6.45) is 3.58. The van der Waals surface area contributed by atoms with Gasteiger partial charge >= 0.3 is 0 Å². The molecule has 0 radical (unpaired) electrons. The van der Waals surface area contributed by atoms with Crippen molar-refractivity contribution in [2.45, 2.75) is 36.5 Å². The van der Waals surface area contributed by atoms with E-state index in [1.807, 2.05) is 47.5 Å². The van der Waals surface area contributed by atoms with Crippen LogP contribution in [-0.4, -0.2) is 38.4 Å². The number of pyridine rings is 1. The van der Waals surface area contributed by atoms with E-state index in [2.05, 4.69) is 31.1 Å². The lowest BCUT2D eigenvalue weighted by molar-refractivity contribution is 0.518. The molecule has 0 amide bonds. The Hall–Kier alpha value is -2.44. The summed E-state index contributed by atoms with van der Waals surface area (Å²) in [4.78, 5) is 6.56. The van der Waals surface area contributed by atoms with Crippen molar-refractivity contribution in [3.05, 3.63) is 66.5 Å². The predicted molar refractivity (Wildman–Crippen MR) is 118 cm³/mol. The number of anilines is 1. The Kier molecular flexibility index (Phi) is 5.09. The van der Waals surface area contributed by atoms with Crippen LogP contribution in [0.4, 0.5) is 5.69 Å². The second-order valence-electron chi connectivity index (χ2n) is 8.58. The lowest BCUT2D eigenvalue weighted by Gasteiger charge is -2.37. The first-order chi connectivity index (χ1) is 13.8. The number of benzene rings is 2. The van der Waals surface area contributed by atoms with E-state index in [-0.39, 0.29) is 5.41 Å². The highest BCUT2D eigenvalue weighted by atomic mass is 32.2. The third-order valence-electron chi connectivity index (χ3n) is 5.56. The fraction of sp³-hybridized carbons (Fsp3) is 0.348. The number of aromatic nitrogens is 1. The minimum atomic E-state index is -3.53. The van der Waals surface area contributed by atoms with Crippen LogP contribution >= 0.6 is 0 Å². The first-order valence-corrected chi connectivity index (χ1v) is 11.5. The average Bonchev–Trinajstić information content (AvgIpc) is 2.73. The van der Waals surface area contributed by atoms with Gasteiger partial charge in [-0.05, 0) is 46.7 Å². The molecule has 152 valence electrons. The number of piperazine rings is 1. The molecule has 1 aromatic heterocycles. The second kappa shape index (κ2) is 7.43. The van der Waals surface area contributed by atoms with Gasteiger partial charge in [0, 0.05) is 43.1 Å². The Labute approximate surface area is 172 Å². The normalized spacial score (nSPS) is 18.2. The summed E-state index contributed by atoms with van der Waals surface area (Å²) >= 11 is 0. The van der Waals surface area contributed by atoms with Gasteiger partial charge in [-0.2, -0.15) is 0 Å². The third kappa shape index (κ3) is 3.87. The van der Waals surface area contributed by atoms with Gasteiger partial charge in [0.15, 0.2) is 0 Å². The van der Waals surface area contributed by atoms with E-state index >= 15 is 0 Å². The van der Waals surface area contributed by atoms with Gasteiger partial charge in [0.2, 0.25) is 9.84 Å². The Morgan fingerprint density at radius 1 is 1.03 bits per heavy atom. The number of sulfone groups is 1. The molecule has 5 nitrogen and oxygen atoms in total. The number of fused-ring (bicyclic) bond motifs is 1. The van der Waals surface area contributed by atoms with Crippen LogP contribution in [0.2, 0.25) is 0 Å². The van der Waals surface area contributed by atoms with Gasteiger partial charge < -0.3 is 10.2 Å². The molecule has 1 atom stereocenters. The Bertz CT molecular complexity index is 1120. The van der Waals surface area contributed by atoms with E-state index in [0.717, 1.165) is 28.6 Å². The molecule has 0 spiro atoms. The number of hydrogen-bond acceptors (Lipinski definition) is 5. The highest BCUT2D eigenvalue weighted by Crippen LogP contribution is 2.29. The molecular formula is C23H27N3O2S. The molecule has 1 N–H and O–H groups in total. The van der Waals surface area contributed by atoms with Crippen molar-refractivity contribution in [2.24, 2.45) is 0 Å². The molecule has 29 heavy (non-hydrogen) atoms. The molecule has 1 aliphatic heterocycles. The van der Waals surface area contributed by atoms with Crippen LogP contribution < -0.4 is 10.2 Å². The number of hydrogen-bond donors (Lipinski definition) is 1. The summed E-state index contributed by atoms with van der Waals surface area (Å²) in [5, 5.41) is 4.70. The van der Waals surface area contributed by atoms with Crippen LogP contribution in [0.1, 0.15) is 26.3 Å². The van der Waals surface area contributed by atoms with Crippen molar-refractivity contribution in [3.8, 4) is 0 Å². The van der Waals surface area contributed by atoms with E-state index in [1.165, 1.54) is 0 Å². The van der Waals surface area contributed by atoms with Crippen LogP contribution in [0.3, 0.4) is 0 Å². The summed E-state index contributed by atoms with van der Waals surface area (Å²) in [5.41, 5.74) is 2.02. The van der Waals surface area contributed by atoms with Gasteiger partial charge in [0.1, 0.15) is 5.37 Å². The first-order valence-electron chi connectivity index (χ1n) is 9.92. The largest absolute Gasteiger partial charge is 0.352 e. The fourth-order valence-corrected chi connectivity index (χ4v) is 5.53. The van der Waals surface area contributed by atoms with Crippen molar-refractivity contribution < 1.29 is 8.42 Å². The summed E-state index contributed by atoms with van der Waals surface area (Å²) in [7, 11) is -3.53. The maximum atomic E-state index is 13.5. The number of nitrogens with zero attached hydrogens (tertiary/aromatic N) is 2. The summed E-state index contributed by atoms with van der Waals surface area (Å²) < 4.78 is 27.0. The van der Waals surface area contributed by atoms with Crippen LogP contribution in [-0.2, 0) is 15.3 Å². The zero-order valence-corrected chi connectivity index (χ0v) is 17.9. The van der Waals surface area contributed by atoms with Gasteiger partial charge in [-0.15, -0.1) is 0 Å². The summed E-state index contributed by atoms with van der Waals surface area (Å²) in [6.45, 7) is 8.15. The van der Waals surface area contributed by atoms with Gasteiger partial charge in [-0.3, -0.25) is 4.98 Å². The van der Waals surface area contributed by atoms with E-state index in [9.17, 15) is 8.42 Å². The molecule has 0 saturated carbocycles.